The number of carbonyl (C=O) groups excluding carboxylic acids is 1. The van der Waals surface area contributed by atoms with Crippen molar-refractivity contribution < 1.29 is 18.1 Å². The summed E-state index contributed by atoms with van der Waals surface area (Å²) in [6.07, 6.45) is 0. The topological polar surface area (TPSA) is 124 Å². The molecule has 0 spiro atoms. The van der Waals surface area contributed by atoms with Crippen LogP contribution in [0.2, 0.25) is 5.02 Å². The van der Waals surface area contributed by atoms with Crippen LogP contribution in [0.1, 0.15) is 17.2 Å². The number of rotatable bonds is 8. The molecule has 0 saturated carbocycles. The molecule has 0 aliphatic rings. The number of halogens is 1. The summed E-state index contributed by atoms with van der Waals surface area (Å²) in [6, 6.07) is 17.9. The van der Waals surface area contributed by atoms with Crippen molar-refractivity contribution in [3.63, 3.8) is 0 Å². The highest BCUT2D eigenvalue weighted by molar-refractivity contribution is 7.89. The zero-order valence-corrected chi connectivity index (χ0v) is 17.7. The number of benzene rings is 3. The Bertz CT molecular complexity index is 1180. The summed E-state index contributed by atoms with van der Waals surface area (Å²) >= 11 is 5.88. The monoisotopic (exact) mass is 459 g/mol. The van der Waals surface area contributed by atoms with Gasteiger partial charge < -0.3 is 5.73 Å². The number of nitrogens with two attached hydrogens (primary N) is 1. The molecule has 160 valence electrons. The molecule has 0 aliphatic carbocycles. The molecule has 3 aromatic rings. The van der Waals surface area contributed by atoms with Crippen molar-refractivity contribution in [3.05, 3.63) is 105 Å². The largest absolute Gasteiger partial charge is 0.368 e. The molecule has 0 fully saturated rings. The van der Waals surface area contributed by atoms with E-state index in [1.165, 1.54) is 48.5 Å². The van der Waals surface area contributed by atoms with Gasteiger partial charge in [0.05, 0.1) is 9.82 Å². The van der Waals surface area contributed by atoms with Crippen LogP contribution in [0.25, 0.3) is 0 Å². The molecule has 8 nitrogen and oxygen atoms in total. The van der Waals surface area contributed by atoms with E-state index in [2.05, 4.69) is 0 Å². The fourth-order valence-corrected chi connectivity index (χ4v) is 4.77. The Morgan fingerprint density at radius 1 is 1.00 bits per heavy atom. The van der Waals surface area contributed by atoms with E-state index < -0.39 is 26.9 Å². The molecule has 3 rings (SSSR count). The highest BCUT2D eigenvalue weighted by Crippen LogP contribution is 2.30. The van der Waals surface area contributed by atoms with Crippen LogP contribution in [-0.2, 0) is 21.4 Å². The lowest BCUT2D eigenvalue weighted by atomic mass is 10.1. The van der Waals surface area contributed by atoms with Crippen LogP contribution < -0.4 is 5.73 Å². The highest BCUT2D eigenvalue weighted by atomic mass is 35.5. The Labute approximate surface area is 184 Å². The van der Waals surface area contributed by atoms with Crippen LogP contribution in [0.4, 0.5) is 5.69 Å². The quantitative estimate of drug-likeness (QED) is 0.406. The first-order valence-corrected chi connectivity index (χ1v) is 10.9. The van der Waals surface area contributed by atoms with Crippen molar-refractivity contribution in [1.29, 1.82) is 0 Å². The van der Waals surface area contributed by atoms with Gasteiger partial charge in [-0.05, 0) is 35.4 Å². The number of carbonyl (C=O) groups is 1. The minimum atomic E-state index is -4.19. The highest BCUT2D eigenvalue weighted by Gasteiger charge is 2.36. The second-order valence-corrected chi connectivity index (χ2v) is 8.97. The number of nitro groups is 1. The van der Waals surface area contributed by atoms with E-state index in [1.54, 1.807) is 30.3 Å². The Balaban J connectivity index is 2.11. The lowest BCUT2D eigenvalue weighted by molar-refractivity contribution is -0.384. The minimum Gasteiger partial charge on any atom is -0.368 e. The van der Waals surface area contributed by atoms with Crippen LogP contribution in [-0.4, -0.2) is 23.6 Å². The van der Waals surface area contributed by atoms with E-state index >= 15 is 0 Å². The van der Waals surface area contributed by atoms with Gasteiger partial charge in [0.2, 0.25) is 15.9 Å². The zero-order valence-electron chi connectivity index (χ0n) is 16.1. The zero-order chi connectivity index (χ0) is 22.6. The third kappa shape index (κ3) is 5.08. The normalized spacial score (nSPS) is 12.5. The van der Waals surface area contributed by atoms with Crippen LogP contribution in [0.3, 0.4) is 0 Å². The second-order valence-electron chi connectivity index (χ2n) is 6.64. The molecule has 0 saturated heterocycles. The molecule has 2 N–H and O–H groups in total. The van der Waals surface area contributed by atoms with Gasteiger partial charge in [-0.3, -0.25) is 14.9 Å². The predicted octanol–water partition coefficient (Wildman–Crippen LogP) is 3.67. The van der Waals surface area contributed by atoms with Crippen LogP contribution in [0.5, 0.6) is 0 Å². The summed E-state index contributed by atoms with van der Waals surface area (Å²) in [4.78, 5) is 22.7. The first kappa shape index (κ1) is 22.4. The third-order valence-corrected chi connectivity index (χ3v) is 6.66. The van der Waals surface area contributed by atoms with Gasteiger partial charge in [-0.15, -0.1) is 0 Å². The Morgan fingerprint density at radius 3 is 2.10 bits per heavy atom. The maximum Gasteiger partial charge on any atom is 0.269 e. The molecule has 31 heavy (non-hydrogen) atoms. The Morgan fingerprint density at radius 2 is 1.58 bits per heavy atom. The van der Waals surface area contributed by atoms with E-state index in [-0.39, 0.29) is 17.1 Å². The molecule has 0 aliphatic heterocycles. The second kappa shape index (κ2) is 9.25. The van der Waals surface area contributed by atoms with Crippen molar-refractivity contribution in [2.75, 3.05) is 0 Å². The molecule has 10 heteroatoms. The lowest BCUT2D eigenvalue weighted by Crippen LogP contribution is -2.41. The fourth-order valence-electron chi connectivity index (χ4n) is 3.07. The molecule has 0 heterocycles. The van der Waals surface area contributed by atoms with E-state index in [9.17, 15) is 23.3 Å². The molecule has 0 bridgehead atoms. The van der Waals surface area contributed by atoms with Gasteiger partial charge in [-0.25, -0.2) is 8.42 Å². The number of non-ortho nitro benzene ring substituents is 1. The molecule has 3 aromatic carbocycles. The fraction of sp³-hybridized carbons (Fsp3) is 0.0952. The maximum absolute atomic E-state index is 13.5. The SMILES string of the molecule is NC(=O)[C@@H](c1ccccc1)N(Cc1ccc([N+](=O)[O-])cc1)S(=O)(=O)c1ccc(Cl)cc1. The number of amides is 1. The summed E-state index contributed by atoms with van der Waals surface area (Å²) < 4.78 is 28.0. The summed E-state index contributed by atoms with van der Waals surface area (Å²) in [5.41, 5.74) is 6.34. The average Bonchev–Trinajstić information content (AvgIpc) is 2.74. The van der Waals surface area contributed by atoms with Gasteiger partial charge >= 0.3 is 0 Å². The van der Waals surface area contributed by atoms with Gasteiger partial charge in [-0.2, -0.15) is 4.31 Å². The van der Waals surface area contributed by atoms with Crippen LogP contribution in [0, 0.1) is 10.1 Å². The van der Waals surface area contributed by atoms with Gasteiger partial charge in [0, 0.05) is 23.7 Å². The molecule has 0 radical (unpaired) electrons. The molecule has 0 unspecified atom stereocenters. The number of hydrogen-bond donors (Lipinski definition) is 1. The number of primary amides is 1. The Kier molecular flexibility index (Phi) is 6.69. The smallest absolute Gasteiger partial charge is 0.269 e. The number of hydrogen-bond acceptors (Lipinski definition) is 5. The molecule has 1 amide bonds. The third-order valence-electron chi connectivity index (χ3n) is 4.58. The van der Waals surface area contributed by atoms with E-state index in [0.29, 0.717) is 16.1 Å². The van der Waals surface area contributed by atoms with Gasteiger partial charge in [0.1, 0.15) is 6.04 Å². The van der Waals surface area contributed by atoms with Crippen molar-refractivity contribution >= 4 is 33.2 Å². The van der Waals surface area contributed by atoms with Gasteiger partial charge in [-0.1, -0.05) is 54.1 Å². The summed E-state index contributed by atoms with van der Waals surface area (Å²) in [6.45, 7) is -0.231. The van der Waals surface area contributed by atoms with Gasteiger partial charge in [0.25, 0.3) is 5.69 Å². The Hall–Kier alpha value is -3.27. The maximum atomic E-state index is 13.5. The van der Waals surface area contributed by atoms with E-state index in [1.807, 2.05) is 0 Å². The number of nitrogens with zero attached hydrogens (tertiary/aromatic N) is 2. The number of sulfonamides is 1. The standard InChI is InChI=1S/C21H18ClN3O5S/c22-17-8-12-19(13-9-17)31(29,30)24(14-15-6-10-18(11-7-15)25(27)28)20(21(23)26)16-4-2-1-3-5-16/h1-13,20H,14H2,(H2,23,26)/t20-/m1/s1. The van der Waals surface area contributed by atoms with Crippen LogP contribution in [0.15, 0.2) is 83.8 Å². The number of nitro benzene ring substituents is 1. The molecular formula is C21H18ClN3O5S. The van der Waals surface area contributed by atoms with Gasteiger partial charge in [0.15, 0.2) is 0 Å². The van der Waals surface area contributed by atoms with Crippen LogP contribution >= 0.6 is 11.6 Å². The average molecular weight is 460 g/mol. The molecule has 1 atom stereocenters. The van der Waals surface area contributed by atoms with E-state index in [4.69, 9.17) is 17.3 Å². The summed E-state index contributed by atoms with van der Waals surface area (Å²) in [7, 11) is -4.19. The van der Waals surface area contributed by atoms with Crippen molar-refractivity contribution in [2.45, 2.75) is 17.5 Å². The molecule has 0 aromatic heterocycles. The lowest BCUT2D eigenvalue weighted by Gasteiger charge is -2.29. The summed E-state index contributed by atoms with van der Waals surface area (Å²) in [5, 5.41) is 11.3. The molecular weight excluding hydrogens is 442 g/mol. The van der Waals surface area contributed by atoms with Crippen molar-refractivity contribution in [2.24, 2.45) is 5.73 Å². The van der Waals surface area contributed by atoms with Crippen molar-refractivity contribution in [3.8, 4) is 0 Å². The van der Waals surface area contributed by atoms with E-state index in [0.717, 1.165) is 4.31 Å². The first-order chi connectivity index (χ1) is 14.7. The van der Waals surface area contributed by atoms with Crippen molar-refractivity contribution in [1.82, 2.24) is 4.31 Å². The minimum absolute atomic E-state index is 0.0685. The first-order valence-electron chi connectivity index (χ1n) is 9.05. The summed E-state index contributed by atoms with van der Waals surface area (Å²) in [5.74, 6) is -0.856. The predicted molar refractivity (Wildman–Crippen MR) is 116 cm³/mol.